The fraction of sp³-hybridized carbons (Fsp3) is 0.857. The Morgan fingerprint density at radius 1 is 1.32 bits per heavy atom. The third-order valence-electron chi connectivity index (χ3n) is 2.69. The van der Waals surface area contributed by atoms with Gasteiger partial charge in [0.1, 0.15) is 11.7 Å². The maximum Gasteiger partial charge on any atom is 0.407 e. The number of alkyl carbamates (subject to hydrolysis) is 1. The Bertz CT molecular complexity index is 344. The molecule has 0 aromatic rings. The number of methoxy groups -OCH3 is 1. The van der Waals surface area contributed by atoms with Crippen molar-refractivity contribution < 1.29 is 24.2 Å². The summed E-state index contributed by atoms with van der Waals surface area (Å²) in [7, 11) is 1.57. The van der Waals surface area contributed by atoms with Crippen molar-refractivity contribution in [1.82, 2.24) is 10.6 Å². The van der Waals surface area contributed by atoms with Gasteiger partial charge in [0, 0.05) is 26.2 Å². The molecule has 0 bridgehead atoms. The second-order valence-corrected chi connectivity index (χ2v) is 6.05. The van der Waals surface area contributed by atoms with Gasteiger partial charge < -0.3 is 30.9 Å². The number of hydrogen-bond acceptors (Lipinski definition) is 6. The maximum absolute atomic E-state index is 11.5. The van der Waals surface area contributed by atoms with Gasteiger partial charge in [-0.2, -0.15) is 0 Å². The summed E-state index contributed by atoms with van der Waals surface area (Å²) in [6, 6.07) is -0.0422. The van der Waals surface area contributed by atoms with E-state index in [4.69, 9.17) is 15.2 Å². The fourth-order valence-electron chi connectivity index (χ4n) is 1.68. The fourth-order valence-corrected chi connectivity index (χ4v) is 1.68. The van der Waals surface area contributed by atoms with Crippen LogP contribution in [-0.2, 0) is 14.3 Å². The number of amides is 2. The van der Waals surface area contributed by atoms with Crippen molar-refractivity contribution in [3.63, 3.8) is 0 Å². The Kier molecular flexibility index (Phi) is 9.71. The maximum atomic E-state index is 11.5. The molecule has 0 rings (SSSR count). The van der Waals surface area contributed by atoms with Crippen LogP contribution >= 0.6 is 0 Å². The highest BCUT2D eigenvalue weighted by atomic mass is 16.6. The van der Waals surface area contributed by atoms with Gasteiger partial charge in [-0.1, -0.05) is 0 Å². The number of aliphatic hydroxyl groups excluding tert-OH is 1. The topological polar surface area (TPSA) is 123 Å². The van der Waals surface area contributed by atoms with Gasteiger partial charge in [0.2, 0.25) is 5.91 Å². The van der Waals surface area contributed by atoms with E-state index in [0.717, 1.165) is 0 Å². The molecule has 0 fully saturated rings. The normalized spacial score (nSPS) is 14.2. The van der Waals surface area contributed by atoms with Crippen LogP contribution < -0.4 is 16.4 Å². The van der Waals surface area contributed by atoms with Crippen LogP contribution in [-0.4, -0.2) is 61.7 Å². The number of hydrogen-bond donors (Lipinski definition) is 4. The molecule has 0 spiro atoms. The number of nitrogens with two attached hydrogens (primary N) is 1. The molecule has 0 aliphatic carbocycles. The lowest BCUT2D eigenvalue weighted by Crippen LogP contribution is -2.43. The number of carbonyl (C=O) groups excluding carboxylic acids is 2. The Hall–Kier alpha value is -1.38. The summed E-state index contributed by atoms with van der Waals surface area (Å²) in [5.74, 6) is -0.768. The van der Waals surface area contributed by atoms with E-state index in [-0.39, 0.29) is 12.6 Å². The van der Waals surface area contributed by atoms with E-state index in [9.17, 15) is 14.7 Å². The summed E-state index contributed by atoms with van der Waals surface area (Å²) >= 11 is 0. The van der Waals surface area contributed by atoms with Crippen molar-refractivity contribution in [3.05, 3.63) is 0 Å². The first-order valence-corrected chi connectivity index (χ1v) is 7.32. The number of carbonyl (C=O) groups is 2. The van der Waals surface area contributed by atoms with Crippen molar-refractivity contribution in [2.75, 3.05) is 26.8 Å². The molecule has 0 radical (unpaired) electrons. The van der Waals surface area contributed by atoms with Gasteiger partial charge in [-0.05, 0) is 33.6 Å². The average molecular weight is 319 g/mol. The van der Waals surface area contributed by atoms with E-state index in [2.05, 4.69) is 10.6 Å². The second kappa shape index (κ2) is 10.4. The molecule has 0 aromatic heterocycles. The van der Waals surface area contributed by atoms with E-state index in [0.29, 0.717) is 26.0 Å². The third-order valence-corrected chi connectivity index (χ3v) is 2.69. The Balaban J connectivity index is 3.95. The van der Waals surface area contributed by atoms with Gasteiger partial charge in [0.15, 0.2) is 0 Å². The van der Waals surface area contributed by atoms with Crippen molar-refractivity contribution in [3.8, 4) is 0 Å². The average Bonchev–Trinajstić information content (AvgIpc) is 2.38. The van der Waals surface area contributed by atoms with Crippen LogP contribution in [0, 0.1) is 0 Å². The molecule has 0 aliphatic heterocycles. The number of ether oxygens (including phenoxy) is 2. The first-order chi connectivity index (χ1) is 10.2. The molecular formula is C14H29N3O5. The molecule has 130 valence electrons. The van der Waals surface area contributed by atoms with Crippen LogP contribution in [0.1, 0.15) is 33.6 Å². The molecule has 0 saturated heterocycles. The van der Waals surface area contributed by atoms with Crippen LogP contribution in [0.3, 0.4) is 0 Å². The largest absolute Gasteiger partial charge is 0.444 e. The summed E-state index contributed by atoms with van der Waals surface area (Å²) in [5.41, 5.74) is 4.46. The number of aliphatic hydroxyl groups is 1. The van der Waals surface area contributed by atoms with Gasteiger partial charge >= 0.3 is 6.09 Å². The molecule has 22 heavy (non-hydrogen) atoms. The monoisotopic (exact) mass is 319 g/mol. The molecular weight excluding hydrogens is 290 g/mol. The minimum absolute atomic E-state index is 0.0422. The summed E-state index contributed by atoms with van der Waals surface area (Å²) in [4.78, 5) is 22.2. The van der Waals surface area contributed by atoms with Crippen molar-refractivity contribution in [1.29, 1.82) is 0 Å². The molecule has 2 atom stereocenters. The molecule has 2 amide bonds. The van der Waals surface area contributed by atoms with Crippen LogP contribution in [0.25, 0.3) is 0 Å². The molecule has 8 heteroatoms. The van der Waals surface area contributed by atoms with Crippen LogP contribution in [0.2, 0.25) is 0 Å². The lowest BCUT2D eigenvalue weighted by atomic mass is 10.1. The zero-order valence-corrected chi connectivity index (χ0v) is 13.8. The van der Waals surface area contributed by atoms with E-state index >= 15 is 0 Å². The second-order valence-electron chi connectivity index (χ2n) is 6.05. The number of primary amides is 1. The van der Waals surface area contributed by atoms with Gasteiger partial charge in [-0.3, -0.25) is 4.79 Å². The van der Waals surface area contributed by atoms with E-state index in [1.54, 1.807) is 27.9 Å². The van der Waals surface area contributed by atoms with Gasteiger partial charge in [-0.15, -0.1) is 0 Å². The molecule has 0 heterocycles. The van der Waals surface area contributed by atoms with Crippen LogP contribution in [0.15, 0.2) is 0 Å². The number of rotatable bonds is 10. The molecule has 5 N–H and O–H groups in total. The summed E-state index contributed by atoms with van der Waals surface area (Å²) in [6.07, 6.45) is -0.269. The minimum atomic E-state index is -1.22. The van der Waals surface area contributed by atoms with E-state index < -0.39 is 23.7 Å². The summed E-state index contributed by atoms with van der Waals surface area (Å²) in [5, 5.41) is 15.0. The van der Waals surface area contributed by atoms with Crippen molar-refractivity contribution in [2.45, 2.75) is 51.4 Å². The molecule has 2 unspecified atom stereocenters. The van der Waals surface area contributed by atoms with E-state index in [1.165, 1.54) is 0 Å². The molecule has 0 aliphatic rings. The Morgan fingerprint density at radius 2 is 1.95 bits per heavy atom. The first kappa shape index (κ1) is 20.6. The zero-order valence-electron chi connectivity index (χ0n) is 13.8. The molecule has 8 nitrogen and oxygen atoms in total. The summed E-state index contributed by atoms with van der Waals surface area (Å²) in [6.45, 7) is 6.37. The highest BCUT2D eigenvalue weighted by Gasteiger charge is 2.16. The lowest BCUT2D eigenvalue weighted by molar-refractivity contribution is -0.125. The first-order valence-electron chi connectivity index (χ1n) is 7.32. The quantitative estimate of drug-likeness (QED) is 0.412. The highest BCUT2D eigenvalue weighted by Crippen LogP contribution is 2.06. The molecule has 0 aromatic carbocycles. The standard InChI is InChI=1S/C14H29N3O5/c1-14(2,3)22-13(20)16-7-5-6-10(9-21-4)17-8-11(18)12(15)19/h10-11,17-18H,5-9H2,1-4H3,(H2,15,19)(H,16,20). The third kappa shape index (κ3) is 11.3. The SMILES string of the molecule is COCC(CCCNC(=O)OC(C)(C)C)NCC(O)C(N)=O. The van der Waals surface area contributed by atoms with Crippen LogP contribution in [0.4, 0.5) is 4.79 Å². The predicted molar refractivity (Wildman–Crippen MR) is 82.3 cm³/mol. The van der Waals surface area contributed by atoms with E-state index in [1.807, 2.05) is 0 Å². The Morgan fingerprint density at radius 3 is 2.45 bits per heavy atom. The number of nitrogens with one attached hydrogen (secondary N) is 2. The predicted octanol–water partition coefficient (Wildman–Crippen LogP) is -0.258. The van der Waals surface area contributed by atoms with Crippen LogP contribution in [0.5, 0.6) is 0 Å². The molecule has 0 saturated carbocycles. The van der Waals surface area contributed by atoms with Crippen molar-refractivity contribution in [2.24, 2.45) is 5.73 Å². The van der Waals surface area contributed by atoms with Gasteiger partial charge in [0.25, 0.3) is 0 Å². The van der Waals surface area contributed by atoms with Gasteiger partial charge in [-0.25, -0.2) is 4.79 Å². The van der Waals surface area contributed by atoms with Gasteiger partial charge in [0.05, 0.1) is 6.61 Å². The highest BCUT2D eigenvalue weighted by molar-refractivity contribution is 5.78. The Labute approximate surface area is 131 Å². The van der Waals surface area contributed by atoms with Crippen molar-refractivity contribution >= 4 is 12.0 Å². The lowest BCUT2D eigenvalue weighted by Gasteiger charge is -2.21. The minimum Gasteiger partial charge on any atom is -0.444 e. The summed E-state index contributed by atoms with van der Waals surface area (Å²) < 4.78 is 10.2. The smallest absolute Gasteiger partial charge is 0.407 e. The zero-order chi connectivity index (χ0) is 17.2.